The molecule has 0 unspecified atom stereocenters. The molecule has 0 aliphatic carbocycles. The fourth-order valence-corrected chi connectivity index (χ4v) is 4.89. The number of nitrogens with zero attached hydrogens (tertiary/aromatic N) is 2. The van der Waals surface area contributed by atoms with Crippen LogP contribution < -0.4 is 10.2 Å². The van der Waals surface area contributed by atoms with Crippen LogP contribution in [0.3, 0.4) is 0 Å². The molecule has 6 nitrogen and oxygen atoms in total. The largest absolute Gasteiger partial charge is 0.325 e. The number of sulfonamides is 1. The zero-order valence-corrected chi connectivity index (χ0v) is 16.2. The highest BCUT2D eigenvalue weighted by atomic mass is 32.2. The number of carbonyl (C=O) groups is 1. The van der Waals surface area contributed by atoms with E-state index >= 15 is 0 Å². The van der Waals surface area contributed by atoms with E-state index in [1.54, 1.807) is 18.2 Å². The molecular weight excluding hydrogens is 389 g/mol. The van der Waals surface area contributed by atoms with Crippen LogP contribution in [0.2, 0.25) is 0 Å². The summed E-state index contributed by atoms with van der Waals surface area (Å²) in [5.41, 5.74) is 1.03. The van der Waals surface area contributed by atoms with E-state index in [-0.39, 0.29) is 21.7 Å². The van der Waals surface area contributed by atoms with Crippen molar-refractivity contribution in [3.8, 4) is 0 Å². The van der Waals surface area contributed by atoms with Gasteiger partial charge in [-0.25, -0.2) is 4.39 Å². The minimum Gasteiger partial charge on any atom is -0.325 e. The van der Waals surface area contributed by atoms with Crippen LogP contribution in [0.15, 0.2) is 57.8 Å². The number of nitrogens with one attached hydrogen (secondary N) is 1. The van der Waals surface area contributed by atoms with Gasteiger partial charge in [-0.05, 0) is 42.8 Å². The fourth-order valence-electron chi connectivity index (χ4n) is 2.61. The summed E-state index contributed by atoms with van der Waals surface area (Å²) in [6.07, 6.45) is 0.787. The van der Waals surface area contributed by atoms with Gasteiger partial charge in [0.15, 0.2) is 5.17 Å². The molecule has 0 fully saturated rings. The normalized spacial score (nSPS) is 15.0. The van der Waals surface area contributed by atoms with Gasteiger partial charge >= 0.3 is 0 Å². The average molecular weight is 407 g/mol. The molecule has 0 saturated carbocycles. The van der Waals surface area contributed by atoms with Gasteiger partial charge in [0.1, 0.15) is 10.7 Å². The summed E-state index contributed by atoms with van der Waals surface area (Å²) in [5, 5.41) is 2.91. The number of hydrogen-bond donors (Lipinski definition) is 1. The third-order valence-corrected chi connectivity index (χ3v) is 6.18. The van der Waals surface area contributed by atoms with E-state index in [1.807, 2.05) is 11.8 Å². The number of rotatable bonds is 5. The monoisotopic (exact) mass is 407 g/mol. The van der Waals surface area contributed by atoms with Crippen LogP contribution in [0.1, 0.15) is 13.3 Å². The van der Waals surface area contributed by atoms with E-state index in [1.165, 1.54) is 30.3 Å². The van der Waals surface area contributed by atoms with E-state index < -0.39 is 15.8 Å². The Labute approximate surface area is 161 Å². The van der Waals surface area contributed by atoms with Crippen LogP contribution in [-0.4, -0.2) is 31.8 Å². The van der Waals surface area contributed by atoms with Gasteiger partial charge < -0.3 is 10.2 Å². The van der Waals surface area contributed by atoms with E-state index in [0.29, 0.717) is 17.9 Å². The molecule has 0 saturated heterocycles. The Morgan fingerprint density at radius 3 is 2.59 bits per heavy atom. The molecule has 1 aliphatic heterocycles. The number of anilines is 2. The third kappa shape index (κ3) is 4.48. The van der Waals surface area contributed by atoms with Gasteiger partial charge in [0, 0.05) is 12.2 Å². The molecule has 0 bridgehead atoms. The number of hydrogen-bond acceptors (Lipinski definition) is 5. The molecule has 0 spiro atoms. The predicted octanol–water partition coefficient (Wildman–Crippen LogP) is 3.47. The second kappa shape index (κ2) is 8.10. The van der Waals surface area contributed by atoms with Crippen molar-refractivity contribution >= 4 is 44.2 Å². The molecule has 27 heavy (non-hydrogen) atoms. The topological polar surface area (TPSA) is 78.8 Å². The van der Waals surface area contributed by atoms with Crippen LogP contribution in [0.5, 0.6) is 0 Å². The highest BCUT2D eigenvalue weighted by Gasteiger charge is 2.30. The van der Waals surface area contributed by atoms with Crippen LogP contribution in [0, 0.1) is 5.82 Å². The van der Waals surface area contributed by atoms with Crippen molar-refractivity contribution in [2.24, 2.45) is 4.40 Å². The van der Waals surface area contributed by atoms with Crippen molar-refractivity contribution in [1.29, 1.82) is 0 Å². The number of amidine groups is 1. The summed E-state index contributed by atoms with van der Waals surface area (Å²) in [4.78, 5) is 14.1. The van der Waals surface area contributed by atoms with E-state index in [0.717, 1.165) is 18.2 Å². The number of amides is 1. The Hall–Kier alpha value is -2.39. The molecule has 3 rings (SSSR count). The van der Waals surface area contributed by atoms with Gasteiger partial charge in [-0.3, -0.25) is 4.79 Å². The number of carbonyl (C=O) groups excluding carboxylic acids is 1. The van der Waals surface area contributed by atoms with Crippen LogP contribution in [0.4, 0.5) is 15.8 Å². The zero-order chi connectivity index (χ0) is 19.4. The smallest absolute Gasteiger partial charge is 0.286 e. The molecular formula is C18H18FN3O3S2. The van der Waals surface area contributed by atoms with Gasteiger partial charge in [0.25, 0.3) is 10.0 Å². The SMILES string of the molecule is CCCN1C(SCC(=O)Nc2ccc(F)cc2)=NS(=O)(=O)c2ccccc21. The lowest BCUT2D eigenvalue weighted by molar-refractivity contribution is -0.113. The summed E-state index contributed by atoms with van der Waals surface area (Å²) in [7, 11) is -3.80. The minimum absolute atomic E-state index is 0.0197. The second-order valence-corrected chi connectivity index (χ2v) is 8.33. The van der Waals surface area contributed by atoms with Crippen molar-refractivity contribution < 1.29 is 17.6 Å². The Balaban J connectivity index is 1.75. The minimum atomic E-state index is -3.80. The molecule has 1 aliphatic rings. The first-order chi connectivity index (χ1) is 12.9. The van der Waals surface area contributed by atoms with E-state index in [4.69, 9.17) is 0 Å². The molecule has 1 heterocycles. The molecule has 1 amide bonds. The zero-order valence-electron chi connectivity index (χ0n) is 14.6. The summed E-state index contributed by atoms with van der Waals surface area (Å²) >= 11 is 1.05. The first-order valence-corrected chi connectivity index (χ1v) is 10.7. The van der Waals surface area contributed by atoms with Gasteiger partial charge in [0.05, 0.1) is 11.4 Å². The van der Waals surface area contributed by atoms with Gasteiger partial charge in [-0.2, -0.15) is 8.42 Å². The number of halogens is 1. The van der Waals surface area contributed by atoms with Gasteiger partial charge in [0.2, 0.25) is 5.91 Å². The molecule has 142 valence electrons. The van der Waals surface area contributed by atoms with E-state index in [2.05, 4.69) is 9.71 Å². The number of fused-ring (bicyclic) bond motifs is 1. The summed E-state index contributed by atoms with van der Waals surface area (Å²) in [6.45, 7) is 2.56. The number of thioether (sulfide) groups is 1. The second-order valence-electron chi connectivity index (χ2n) is 5.81. The molecule has 2 aromatic carbocycles. The standard InChI is InChI=1S/C18H18FN3O3S2/c1-2-11-22-15-5-3-4-6-16(15)27(24,25)21-18(22)26-12-17(23)20-14-9-7-13(19)8-10-14/h3-10H,2,11-12H2,1H3,(H,20,23). The lowest BCUT2D eigenvalue weighted by Gasteiger charge is -2.29. The van der Waals surface area contributed by atoms with Crippen molar-refractivity contribution in [1.82, 2.24) is 0 Å². The van der Waals surface area contributed by atoms with Crippen molar-refractivity contribution in [3.63, 3.8) is 0 Å². The maximum atomic E-state index is 12.9. The Morgan fingerprint density at radius 2 is 1.89 bits per heavy atom. The summed E-state index contributed by atoms with van der Waals surface area (Å²) in [6, 6.07) is 12.1. The van der Waals surface area contributed by atoms with Crippen molar-refractivity contribution in [2.45, 2.75) is 18.2 Å². The first kappa shape index (κ1) is 19.4. The van der Waals surface area contributed by atoms with Gasteiger partial charge in [-0.15, -0.1) is 4.40 Å². The molecule has 1 N–H and O–H groups in total. The maximum absolute atomic E-state index is 12.9. The number of para-hydroxylation sites is 1. The number of benzene rings is 2. The Bertz CT molecular complexity index is 976. The van der Waals surface area contributed by atoms with Crippen LogP contribution >= 0.6 is 11.8 Å². The lowest BCUT2D eigenvalue weighted by Crippen LogP contribution is -2.35. The summed E-state index contributed by atoms with van der Waals surface area (Å²) < 4.78 is 41.7. The summed E-state index contributed by atoms with van der Waals surface area (Å²) in [5.74, 6) is -0.742. The Kier molecular flexibility index (Phi) is 5.81. The first-order valence-electron chi connectivity index (χ1n) is 8.30. The average Bonchev–Trinajstić information content (AvgIpc) is 2.64. The maximum Gasteiger partial charge on any atom is 0.286 e. The molecule has 0 atom stereocenters. The fraction of sp³-hybridized carbons (Fsp3) is 0.222. The van der Waals surface area contributed by atoms with Crippen LogP contribution in [0.25, 0.3) is 0 Å². The highest BCUT2D eigenvalue weighted by molar-refractivity contribution is 8.15. The van der Waals surface area contributed by atoms with Crippen molar-refractivity contribution in [2.75, 3.05) is 22.5 Å². The van der Waals surface area contributed by atoms with Gasteiger partial charge in [-0.1, -0.05) is 30.8 Å². The van der Waals surface area contributed by atoms with Crippen LogP contribution in [-0.2, 0) is 14.8 Å². The Morgan fingerprint density at radius 1 is 1.19 bits per heavy atom. The lowest BCUT2D eigenvalue weighted by atomic mass is 10.3. The molecule has 0 radical (unpaired) electrons. The molecule has 9 heteroatoms. The highest BCUT2D eigenvalue weighted by Crippen LogP contribution is 2.34. The third-order valence-electron chi connectivity index (χ3n) is 3.77. The van der Waals surface area contributed by atoms with E-state index in [9.17, 15) is 17.6 Å². The predicted molar refractivity (Wildman–Crippen MR) is 106 cm³/mol. The molecule has 0 aromatic heterocycles. The van der Waals surface area contributed by atoms with Crippen molar-refractivity contribution in [3.05, 3.63) is 54.3 Å². The quantitative estimate of drug-likeness (QED) is 0.821. The molecule has 2 aromatic rings.